The molecule has 0 spiro atoms. The molecule has 1 aromatic heterocycles. The van der Waals surface area contributed by atoms with E-state index in [1.807, 2.05) is 28.8 Å². The number of ether oxygens (including phenoxy) is 1. The summed E-state index contributed by atoms with van der Waals surface area (Å²) in [5.41, 5.74) is -0.0799. The molecule has 3 heterocycles. The first-order valence-corrected chi connectivity index (χ1v) is 8.52. The van der Waals surface area contributed by atoms with E-state index in [0.717, 1.165) is 50.7 Å². The molecule has 0 atom stereocenters. The molecule has 4 nitrogen and oxygen atoms in total. The number of hydrogen-bond donors (Lipinski definition) is 0. The van der Waals surface area contributed by atoms with Crippen molar-refractivity contribution < 1.29 is 9.53 Å². The fourth-order valence-electron chi connectivity index (χ4n) is 3.13. The van der Waals surface area contributed by atoms with Gasteiger partial charge in [-0.05, 0) is 25.0 Å². The maximum absolute atomic E-state index is 12.6. The summed E-state index contributed by atoms with van der Waals surface area (Å²) in [5, 5.41) is 0. The summed E-state index contributed by atoms with van der Waals surface area (Å²) in [4.78, 5) is 14.7. The number of nitrogens with zero attached hydrogens (tertiary/aromatic N) is 2. The van der Waals surface area contributed by atoms with Crippen molar-refractivity contribution in [2.75, 3.05) is 37.8 Å². The maximum Gasteiger partial charge on any atom is 0.225 e. The van der Waals surface area contributed by atoms with Crippen molar-refractivity contribution in [2.45, 2.75) is 24.8 Å². The van der Waals surface area contributed by atoms with E-state index in [1.165, 1.54) is 0 Å². The van der Waals surface area contributed by atoms with Crippen molar-refractivity contribution in [1.29, 1.82) is 0 Å². The number of carbonyl (C=O) groups excluding carboxylic acids is 1. The normalized spacial score (nSPS) is 22.7. The average molecular weight is 294 g/mol. The van der Waals surface area contributed by atoms with E-state index in [-0.39, 0.29) is 5.54 Å². The smallest absolute Gasteiger partial charge is 0.225 e. The van der Waals surface area contributed by atoms with Gasteiger partial charge in [0.1, 0.15) is 0 Å². The molecule has 2 aliphatic heterocycles. The van der Waals surface area contributed by atoms with Crippen LogP contribution in [0.15, 0.2) is 24.5 Å². The van der Waals surface area contributed by atoms with Gasteiger partial charge in [0.2, 0.25) is 5.91 Å². The second kappa shape index (κ2) is 6.22. The van der Waals surface area contributed by atoms with Gasteiger partial charge in [-0.1, -0.05) is 0 Å². The van der Waals surface area contributed by atoms with Crippen molar-refractivity contribution >= 4 is 17.7 Å². The van der Waals surface area contributed by atoms with E-state index in [2.05, 4.69) is 17.0 Å². The molecular formula is C15H22N2O2S. The van der Waals surface area contributed by atoms with Crippen molar-refractivity contribution in [1.82, 2.24) is 9.47 Å². The SMILES string of the molecule is O=C(CC1(n2cccc2)CCOCC1)N1CCSCC1. The van der Waals surface area contributed by atoms with Crippen LogP contribution in [0.5, 0.6) is 0 Å². The Labute approximate surface area is 124 Å². The molecule has 0 unspecified atom stereocenters. The number of rotatable bonds is 3. The zero-order valence-corrected chi connectivity index (χ0v) is 12.6. The minimum atomic E-state index is -0.0799. The molecule has 1 aromatic rings. The number of carbonyl (C=O) groups is 1. The van der Waals surface area contributed by atoms with E-state index in [1.54, 1.807) is 0 Å². The lowest BCUT2D eigenvalue weighted by Gasteiger charge is -2.40. The molecule has 0 aromatic carbocycles. The van der Waals surface area contributed by atoms with Crippen LogP contribution in [0.25, 0.3) is 0 Å². The highest BCUT2D eigenvalue weighted by Crippen LogP contribution is 2.33. The molecule has 2 aliphatic rings. The predicted molar refractivity (Wildman–Crippen MR) is 81.0 cm³/mol. The van der Waals surface area contributed by atoms with Crippen LogP contribution in [0.4, 0.5) is 0 Å². The minimum absolute atomic E-state index is 0.0799. The van der Waals surface area contributed by atoms with Crippen LogP contribution in [0.2, 0.25) is 0 Å². The molecular weight excluding hydrogens is 272 g/mol. The van der Waals surface area contributed by atoms with Gasteiger partial charge < -0.3 is 14.2 Å². The lowest BCUT2D eigenvalue weighted by Crippen LogP contribution is -2.46. The van der Waals surface area contributed by atoms with Crippen molar-refractivity contribution in [3.05, 3.63) is 24.5 Å². The molecule has 1 amide bonds. The zero-order valence-electron chi connectivity index (χ0n) is 11.8. The predicted octanol–water partition coefficient (Wildman–Crippen LogP) is 1.96. The Balaban J connectivity index is 1.74. The first kappa shape index (κ1) is 14.0. The van der Waals surface area contributed by atoms with Crippen LogP contribution in [0.1, 0.15) is 19.3 Å². The minimum Gasteiger partial charge on any atom is -0.381 e. The van der Waals surface area contributed by atoms with Crippen LogP contribution in [0, 0.1) is 0 Å². The second-order valence-electron chi connectivity index (χ2n) is 5.60. The van der Waals surface area contributed by atoms with Crippen LogP contribution in [-0.4, -0.2) is 53.2 Å². The first-order chi connectivity index (χ1) is 9.80. The van der Waals surface area contributed by atoms with E-state index in [0.29, 0.717) is 12.3 Å². The number of amides is 1. The molecule has 0 aliphatic carbocycles. The fourth-order valence-corrected chi connectivity index (χ4v) is 4.04. The fraction of sp³-hybridized carbons (Fsp3) is 0.667. The number of aromatic nitrogens is 1. The molecule has 0 bridgehead atoms. The van der Waals surface area contributed by atoms with Crippen molar-refractivity contribution in [2.24, 2.45) is 0 Å². The highest BCUT2D eigenvalue weighted by atomic mass is 32.2. The van der Waals surface area contributed by atoms with E-state index in [4.69, 9.17) is 4.74 Å². The van der Waals surface area contributed by atoms with Crippen LogP contribution in [0.3, 0.4) is 0 Å². The van der Waals surface area contributed by atoms with Gasteiger partial charge in [0.15, 0.2) is 0 Å². The molecule has 0 saturated carbocycles. The Hall–Kier alpha value is -0.940. The molecule has 2 saturated heterocycles. The monoisotopic (exact) mass is 294 g/mol. The summed E-state index contributed by atoms with van der Waals surface area (Å²) in [6.07, 6.45) is 6.64. The lowest BCUT2D eigenvalue weighted by molar-refractivity contribution is -0.134. The highest BCUT2D eigenvalue weighted by Gasteiger charge is 2.37. The van der Waals surface area contributed by atoms with Crippen molar-refractivity contribution in [3.63, 3.8) is 0 Å². The molecule has 20 heavy (non-hydrogen) atoms. The Bertz CT molecular complexity index is 435. The van der Waals surface area contributed by atoms with Gasteiger partial charge in [-0.15, -0.1) is 0 Å². The summed E-state index contributed by atoms with van der Waals surface area (Å²) in [6.45, 7) is 3.31. The lowest BCUT2D eigenvalue weighted by atomic mass is 9.85. The zero-order chi connectivity index (χ0) is 13.8. The third-order valence-corrected chi connectivity index (χ3v) is 5.36. The van der Waals surface area contributed by atoms with Crippen LogP contribution < -0.4 is 0 Å². The third kappa shape index (κ3) is 2.88. The van der Waals surface area contributed by atoms with Crippen LogP contribution in [-0.2, 0) is 15.1 Å². The molecule has 0 N–H and O–H groups in total. The Morgan fingerprint density at radius 1 is 1.15 bits per heavy atom. The molecule has 3 rings (SSSR count). The number of hydrogen-bond acceptors (Lipinski definition) is 3. The third-order valence-electron chi connectivity index (χ3n) is 4.42. The summed E-state index contributed by atoms with van der Waals surface area (Å²) >= 11 is 1.94. The summed E-state index contributed by atoms with van der Waals surface area (Å²) in [5.74, 6) is 2.46. The Morgan fingerprint density at radius 3 is 2.45 bits per heavy atom. The average Bonchev–Trinajstić information content (AvgIpc) is 3.04. The number of thioether (sulfide) groups is 1. The van der Waals surface area contributed by atoms with Gasteiger partial charge in [0, 0.05) is 50.2 Å². The molecule has 5 heteroatoms. The van der Waals surface area contributed by atoms with E-state index >= 15 is 0 Å². The van der Waals surface area contributed by atoms with Crippen LogP contribution >= 0.6 is 11.8 Å². The molecule has 0 radical (unpaired) electrons. The molecule has 2 fully saturated rings. The van der Waals surface area contributed by atoms with Crippen molar-refractivity contribution in [3.8, 4) is 0 Å². The standard InChI is InChI=1S/C15H22N2O2S/c18-14(16-7-11-20-12-8-16)13-15(3-9-19-10-4-15)17-5-1-2-6-17/h1-2,5-6H,3-4,7-13H2. The van der Waals surface area contributed by atoms with Gasteiger partial charge in [0.25, 0.3) is 0 Å². The molecule has 110 valence electrons. The Kier molecular flexibility index (Phi) is 4.36. The maximum atomic E-state index is 12.6. The van der Waals surface area contributed by atoms with E-state index < -0.39 is 0 Å². The topological polar surface area (TPSA) is 34.5 Å². The van der Waals surface area contributed by atoms with Gasteiger partial charge >= 0.3 is 0 Å². The quantitative estimate of drug-likeness (QED) is 0.855. The highest BCUT2D eigenvalue weighted by molar-refractivity contribution is 7.99. The van der Waals surface area contributed by atoms with Gasteiger partial charge in [0.05, 0.1) is 12.0 Å². The summed E-state index contributed by atoms with van der Waals surface area (Å²) in [7, 11) is 0. The second-order valence-corrected chi connectivity index (χ2v) is 6.82. The van der Waals surface area contributed by atoms with Gasteiger partial charge in [-0.25, -0.2) is 0 Å². The van der Waals surface area contributed by atoms with E-state index in [9.17, 15) is 4.79 Å². The Morgan fingerprint density at radius 2 is 1.80 bits per heavy atom. The largest absolute Gasteiger partial charge is 0.381 e. The first-order valence-electron chi connectivity index (χ1n) is 7.37. The summed E-state index contributed by atoms with van der Waals surface area (Å²) < 4.78 is 7.74. The summed E-state index contributed by atoms with van der Waals surface area (Å²) in [6, 6.07) is 4.08. The van der Waals surface area contributed by atoms with Gasteiger partial charge in [-0.3, -0.25) is 4.79 Å². The van der Waals surface area contributed by atoms with Gasteiger partial charge in [-0.2, -0.15) is 11.8 Å².